The first-order valence-electron chi connectivity index (χ1n) is 3.99. The average Bonchev–Trinajstić information content (AvgIpc) is 2.01. The Kier molecular flexibility index (Phi) is 5.97. The maximum atomic E-state index is 10.9. The number of ether oxygens (including phenoxy) is 1. The highest BCUT2D eigenvalue weighted by molar-refractivity contribution is 5.95. The van der Waals surface area contributed by atoms with Crippen LogP contribution in [0.1, 0.15) is 26.2 Å². The highest BCUT2D eigenvalue weighted by Crippen LogP contribution is 1.97. The number of hydrogen-bond donors (Lipinski definition) is 0. The minimum atomic E-state index is -0.438. The van der Waals surface area contributed by atoms with Crippen LogP contribution in [-0.2, 0) is 14.3 Å². The van der Waals surface area contributed by atoms with E-state index in [4.69, 9.17) is 0 Å². The van der Waals surface area contributed by atoms with Crippen molar-refractivity contribution in [3.05, 3.63) is 12.7 Å². The van der Waals surface area contributed by atoms with Gasteiger partial charge in [0.1, 0.15) is 12.2 Å². The van der Waals surface area contributed by atoms with E-state index in [9.17, 15) is 9.59 Å². The van der Waals surface area contributed by atoms with Crippen LogP contribution in [0.3, 0.4) is 0 Å². The van der Waals surface area contributed by atoms with E-state index in [0.29, 0.717) is 19.4 Å². The van der Waals surface area contributed by atoms with Gasteiger partial charge in [-0.2, -0.15) is 0 Å². The van der Waals surface area contributed by atoms with Crippen molar-refractivity contribution in [1.29, 1.82) is 0 Å². The number of allylic oxidation sites excluding steroid dienone is 1. The van der Waals surface area contributed by atoms with E-state index in [1.165, 1.54) is 0 Å². The molecule has 0 unspecified atom stereocenters. The second kappa shape index (κ2) is 6.58. The quantitative estimate of drug-likeness (QED) is 0.344. The van der Waals surface area contributed by atoms with Gasteiger partial charge in [-0.25, -0.2) is 0 Å². The van der Waals surface area contributed by atoms with E-state index < -0.39 is 5.97 Å². The fraction of sp³-hybridized carbons (Fsp3) is 0.556. The zero-order chi connectivity index (χ0) is 9.40. The third-order valence-corrected chi connectivity index (χ3v) is 1.27. The smallest absolute Gasteiger partial charge is 0.313 e. The van der Waals surface area contributed by atoms with Gasteiger partial charge in [0.2, 0.25) is 0 Å². The molecule has 0 radical (unpaired) electrons. The molecule has 0 bridgehead atoms. The Hall–Kier alpha value is -1.12. The molecule has 68 valence electrons. The highest BCUT2D eigenvalue weighted by Gasteiger charge is 2.08. The molecule has 0 amide bonds. The maximum Gasteiger partial charge on any atom is 0.313 e. The molecule has 0 atom stereocenters. The molecule has 0 saturated carbocycles. The van der Waals surface area contributed by atoms with Crippen molar-refractivity contribution < 1.29 is 14.3 Å². The van der Waals surface area contributed by atoms with Gasteiger partial charge in [0.25, 0.3) is 0 Å². The summed E-state index contributed by atoms with van der Waals surface area (Å²) in [6.07, 6.45) is 2.55. The normalized spacial score (nSPS) is 9.08. The monoisotopic (exact) mass is 170 g/mol. The molecule has 0 saturated heterocycles. The lowest BCUT2D eigenvalue weighted by Gasteiger charge is -1.99. The molecule has 0 fully saturated rings. The molecule has 0 spiro atoms. The maximum absolute atomic E-state index is 10.9. The number of rotatable bonds is 6. The minimum absolute atomic E-state index is 0.0895. The lowest BCUT2D eigenvalue weighted by atomic mass is 10.2. The molecule has 0 aliphatic rings. The molecule has 0 rings (SSSR count). The van der Waals surface area contributed by atoms with Gasteiger partial charge in [0.05, 0.1) is 6.61 Å². The van der Waals surface area contributed by atoms with Crippen LogP contribution in [0.25, 0.3) is 0 Å². The van der Waals surface area contributed by atoms with Crippen LogP contribution in [0.15, 0.2) is 12.7 Å². The summed E-state index contributed by atoms with van der Waals surface area (Å²) in [5.74, 6) is -0.528. The fourth-order valence-corrected chi connectivity index (χ4v) is 0.724. The summed E-state index contributed by atoms with van der Waals surface area (Å²) in [7, 11) is 0. The van der Waals surface area contributed by atoms with E-state index in [0.717, 1.165) is 0 Å². The van der Waals surface area contributed by atoms with Gasteiger partial charge < -0.3 is 4.74 Å². The first-order chi connectivity index (χ1) is 5.70. The fourth-order valence-electron chi connectivity index (χ4n) is 0.724. The summed E-state index contributed by atoms with van der Waals surface area (Å²) in [5, 5.41) is 0. The number of carbonyl (C=O) groups is 2. The number of Topliss-reactive ketones (excluding diaryl/α,β-unsaturated/α-hetero) is 1. The number of carbonyl (C=O) groups excluding carboxylic acids is 2. The predicted octanol–water partition coefficient (Wildman–Crippen LogP) is 1.47. The zero-order valence-electron chi connectivity index (χ0n) is 7.34. The Morgan fingerprint density at radius 2 is 2.17 bits per heavy atom. The number of ketones is 1. The van der Waals surface area contributed by atoms with Gasteiger partial charge in [0.15, 0.2) is 0 Å². The lowest BCUT2D eigenvalue weighted by molar-refractivity contribution is -0.145. The molecule has 0 N–H and O–H groups in total. The van der Waals surface area contributed by atoms with Crippen molar-refractivity contribution in [3.63, 3.8) is 0 Å². The van der Waals surface area contributed by atoms with Gasteiger partial charge >= 0.3 is 5.97 Å². The molecular formula is C9H14O3. The highest BCUT2D eigenvalue weighted by atomic mass is 16.5. The predicted molar refractivity (Wildman–Crippen MR) is 45.7 cm³/mol. The number of hydrogen-bond acceptors (Lipinski definition) is 3. The van der Waals surface area contributed by atoms with Crippen molar-refractivity contribution >= 4 is 11.8 Å². The lowest BCUT2D eigenvalue weighted by Crippen LogP contribution is -2.10. The van der Waals surface area contributed by atoms with Crippen molar-refractivity contribution in [2.24, 2.45) is 0 Å². The van der Waals surface area contributed by atoms with Crippen LogP contribution >= 0.6 is 0 Å². The summed E-state index contributed by atoms with van der Waals surface area (Å²) in [5.41, 5.74) is 0. The zero-order valence-corrected chi connectivity index (χ0v) is 7.34. The largest absolute Gasteiger partial charge is 0.466 e. The van der Waals surface area contributed by atoms with Crippen LogP contribution in [0.4, 0.5) is 0 Å². The van der Waals surface area contributed by atoms with Crippen molar-refractivity contribution in [1.82, 2.24) is 0 Å². The van der Waals surface area contributed by atoms with E-state index in [2.05, 4.69) is 11.3 Å². The molecule has 3 heteroatoms. The third-order valence-electron chi connectivity index (χ3n) is 1.27. The van der Waals surface area contributed by atoms with Crippen LogP contribution in [0, 0.1) is 0 Å². The Bertz CT molecular complexity index is 173. The number of esters is 1. The van der Waals surface area contributed by atoms with E-state index in [1.54, 1.807) is 13.0 Å². The Morgan fingerprint density at radius 1 is 1.50 bits per heavy atom. The van der Waals surface area contributed by atoms with Gasteiger partial charge in [-0.1, -0.05) is 6.08 Å². The molecule has 0 aromatic rings. The summed E-state index contributed by atoms with van der Waals surface area (Å²) in [6, 6.07) is 0. The summed E-state index contributed by atoms with van der Waals surface area (Å²) < 4.78 is 4.61. The molecule has 0 aromatic heterocycles. The van der Waals surface area contributed by atoms with Gasteiger partial charge in [0, 0.05) is 6.42 Å². The molecule has 0 aromatic carbocycles. The first-order valence-corrected chi connectivity index (χ1v) is 3.99. The summed E-state index contributed by atoms with van der Waals surface area (Å²) >= 11 is 0. The average molecular weight is 170 g/mol. The van der Waals surface area contributed by atoms with Gasteiger partial charge in [-0.05, 0) is 13.3 Å². The molecule has 0 aliphatic heterocycles. The van der Waals surface area contributed by atoms with E-state index >= 15 is 0 Å². The van der Waals surface area contributed by atoms with Crippen molar-refractivity contribution in [2.75, 3.05) is 6.61 Å². The van der Waals surface area contributed by atoms with Gasteiger partial charge in [-0.15, -0.1) is 6.58 Å². The van der Waals surface area contributed by atoms with Crippen LogP contribution in [0.5, 0.6) is 0 Å². The molecule has 0 aliphatic carbocycles. The standard InChI is InChI=1S/C9H14O3/c1-3-5-6-8(10)7-9(11)12-4-2/h3H,1,4-7H2,2H3. The van der Waals surface area contributed by atoms with Crippen molar-refractivity contribution in [3.8, 4) is 0 Å². The SMILES string of the molecule is C=CCCC(=O)CC(=O)OCC. The van der Waals surface area contributed by atoms with Crippen LogP contribution < -0.4 is 0 Å². The Labute approximate surface area is 72.4 Å². The minimum Gasteiger partial charge on any atom is -0.466 e. The Balaban J connectivity index is 3.54. The van der Waals surface area contributed by atoms with Crippen LogP contribution in [-0.4, -0.2) is 18.4 Å². The molecule has 0 heterocycles. The molecule has 12 heavy (non-hydrogen) atoms. The second-order valence-corrected chi connectivity index (χ2v) is 2.35. The first kappa shape index (κ1) is 10.9. The summed E-state index contributed by atoms with van der Waals surface area (Å²) in [4.78, 5) is 21.7. The third kappa shape index (κ3) is 5.65. The van der Waals surface area contributed by atoms with E-state index in [1.807, 2.05) is 0 Å². The second-order valence-electron chi connectivity index (χ2n) is 2.35. The molecular weight excluding hydrogens is 156 g/mol. The summed E-state index contributed by atoms with van der Waals surface area (Å²) in [6.45, 7) is 5.52. The molecule has 3 nitrogen and oxygen atoms in total. The van der Waals surface area contributed by atoms with E-state index in [-0.39, 0.29) is 12.2 Å². The topological polar surface area (TPSA) is 43.4 Å². The van der Waals surface area contributed by atoms with Crippen LogP contribution in [0.2, 0.25) is 0 Å². The Morgan fingerprint density at radius 3 is 2.67 bits per heavy atom. The van der Waals surface area contributed by atoms with Crippen molar-refractivity contribution in [2.45, 2.75) is 26.2 Å². The van der Waals surface area contributed by atoms with Gasteiger partial charge in [-0.3, -0.25) is 9.59 Å².